The van der Waals surface area contributed by atoms with Crippen LogP contribution in [-0.2, 0) is 6.54 Å². The molecule has 0 aliphatic heterocycles. The van der Waals surface area contributed by atoms with E-state index in [4.69, 9.17) is 14.6 Å². The lowest BCUT2D eigenvalue weighted by atomic mass is 10.2. The van der Waals surface area contributed by atoms with Gasteiger partial charge >= 0.3 is 0 Å². The van der Waals surface area contributed by atoms with Gasteiger partial charge in [-0.05, 0) is 53.1 Å². The zero-order valence-electron chi connectivity index (χ0n) is 13.8. The highest BCUT2D eigenvalue weighted by Gasteiger charge is 2.11. The van der Waals surface area contributed by atoms with E-state index in [9.17, 15) is 0 Å². The van der Waals surface area contributed by atoms with Gasteiger partial charge in [0.2, 0.25) is 0 Å². The summed E-state index contributed by atoms with van der Waals surface area (Å²) in [5.41, 5.74) is 1.12. The van der Waals surface area contributed by atoms with E-state index in [1.165, 1.54) is 0 Å². The lowest BCUT2D eigenvalue weighted by Gasteiger charge is -2.14. The molecule has 0 fully saturated rings. The zero-order valence-corrected chi connectivity index (χ0v) is 17.1. The van der Waals surface area contributed by atoms with Crippen molar-refractivity contribution in [2.45, 2.75) is 13.0 Å². The Morgan fingerprint density at radius 2 is 1.92 bits per heavy atom. The summed E-state index contributed by atoms with van der Waals surface area (Å²) in [6.45, 7) is 7.48. The molecule has 0 saturated heterocycles. The van der Waals surface area contributed by atoms with Crippen LogP contribution in [0.2, 0.25) is 0 Å². The van der Waals surface area contributed by atoms with Crippen LogP contribution in [-0.4, -0.2) is 45.1 Å². The fraction of sp³-hybridized carbons (Fsp3) is 0.500. The third kappa shape index (κ3) is 9.71. The Labute approximate surface area is 165 Å². The summed E-state index contributed by atoms with van der Waals surface area (Å²) in [6, 6.07) is 4.00. The van der Waals surface area contributed by atoms with Gasteiger partial charge in [0.15, 0.2) is 11.5 Å². The Hall–Kier alpha value is -0.500. The van der Waals surface area contributed by atoms with Crippen LogP contribution >= 0.6 is 40.7 Å². The number of aliphatic hydroxyl groups is 1. The van der Waals surface area contributed by atoms with Crippen LogP contribution in [0.25, 0.3) is 0 Å². The Bertz CT molecular complexity index is 465. The van der Waals surface area contributed by atoms with Gasteiger partial charge in [-0.2, -0.15) is 0 Å². The smallest absolute Gasteiger partial charge is 0.175 e. The summed E-state index contributed by atoms with van der Waals surface area (Å²) in [6.07, 6.45) is 2.71. The van der Waals surface area contributed by atoms with Crippen molar-refractivity contribution in [1.82, 2.24) is 10.6 Å². The van der Waals surface area contributed by atoms with Crippen LogP contribution in [0.3, 0.4) is 0 Å². The second-order valence-corrected chi connectivity index (χ2v) is 5.57. The molecular formula is C16H27BrCl2N2O3. The van der Waals surface area contributed by atoms with E-state index in [1.807, 2.05) is 12.1 Å². The third-order valence-corrected chi connectivity index (χ3v) is 3.55. The SMILES string of the molecule is C=CCOc1c(Br)cc(CNCCCNCCO)cc1OC.Cl.Cl. The molecule has 0 aliphatic rings. The Kier molecular flexibility index (Phi) is 17.2. The molecule has 1 rings (SSSR count). The van der Waals surface area contributed by atoms with Gasteiger partial charge < -0.3 is 25.2 Å². The van der Waals surface area contributed by atoms with E-state index in [-0.39, 0.29) is 31.4 Å². The molecule has 0 unspecified atom stereocenters. The molecule has 8 heteroatoms. The van der Waals surface area contributed by atoms with Crippen molar-refractivity contribution in [2.24, 2.45) is 0 Å². The molecule has 0 amide bonds. The maximum Gasteiger partial charge on any atom is 0.175 e. The summed E-state index contributed by atoms with van der Waals surface area (Å²) in [4.78, 5) is 0. The Morgan fingerprint density at radius 3 is 2.54 bits per heavy atom. The lowest BCUT2D eigenvalue weighted by Crippen LogP contribution is -2.23. The Balaban J connectivity index is 0. The van der Waals surface area contributed by atoms with Crippen LogP contribution in [0.5, 0.6) is 11.5 Å². The second-order valence-electron chi connectivity index (χ2n) is 4.71. The summed E-state index contributed by atoms with van der Waals surface area (Å²) >= 11 is 3.52. The van der Waals surface area contributed by atoms with E-state index in [2.05, 4.69) is 33.1 Å². The molecule has 0 atom stereocenters. The van der Waals surface area contributed by atoms with Crippen molar-refractivity contribution in [3.05, 3.63) is 34.8 Å². The molecule has 24 heavy (non-hydrogen) atoms. The molecular weight excluding hydrogens is 419 g/mol. The molecule has 0 radical (unpaired) electrons. The molecule has 0 spiro atoms. The summed E-state index contributed by atoms with van der Waals surface area (Å²) in [5, 5.41) is 15.2. The van der Waals surface area contributed by atoms with E-state index in [1.54, 1.807) is 13.2 Å². The standard InChI is InChI=1S/C16H25BrN2O3.2ClH/c1-3-9-22-16-14(17)10-13(11-15(16)21-2)12-19-6-4-5-18-7-8-20;;/h3,10-11,18-20H,1,4-9,12H2,2H3;2*1H. The first-order valence-corrected chi connectivity index (χ1v) is 8.14. The van der Waals surface area contributed by atoms with Gasteiger partial charge in [-0.1, -0.05) is 12.7 Å². The van der Waals surface area contributed by atoms with Crippen molar-refractivity contribution in [3.8, 4) is 11.5 Å². The van der Waals surface area contributed by atoms with Crippen LogP contribution < -0.4 is 20.1 Å². The minimum absolute atomic E-state index is 0. The number of halogens is 3. The number of ether oxygens (including phenoxy) is 2. The van der Waals surface area contributed by atoms with Gasteiger partial charge in [-0.3, -0.25) is 0 Å². The number of methoxy groups -OCH3 is 1. The van der Waals surface area contributed by atoms with Crippen molar-refractivity contribution in [2.75, 3.05) is 40.0 Å². The summed E-state index contributed by atoms with van der Waals surface area (Å²) in [5.74, 6) is 1.40. The van der Waals surface area contributed by atoms with E-state index >= 15 is 0 Å². The number of rotatable bonds is 12. The highest BCUT2D eigenvalue weighted by molar-refractivity contribution is 9.10. The third-order valence-electron chi connectivity index (χ3n) is 2.96. The molecule has 1 aromatic rings. The van der Waals surface area contributed by atoms with Crippen molar-refractivity contribution in [3.63, 3.8) is 0 Å². The number of hydrogen-bond acceptors (Lipinski definition) is 5. The van der Waals surface area contributed by atoms with Gasteiger partial charge in [-0.15, -0.1) is 24.8 Å². The first kappa shape index (κ1) is 25.7. The zero-order chi connectivity index (χ0) is 16.2. The molecule has 0 aromatic heterocycles. The predicted molar refractivity (Wildman–Crippen MR) is 107 cm³/mol. The van der Waals surface area contributed by atoms with Crippen LogP contribution in [0.4, 0.5) is 0 Å². The van der Waals surface area contributed by atoms with Gasteiger partial charge in [0.1, 0.15) is 6.61 Å². The monoisotopic (exact) mass is 444 g/mol. The minimum atomic E-state index is 0. The number of aliphatic hydroxyl groups excluding tert-OH is 1. The molecule has 1 aromatic carbocycles. The maximum absolute atomic E-state index is 8.66. The highest BCUT2D eigenvalue weighted by Crippen LogP contribution is 2.36. The van der Waals surface area contributed by atoms with Crippen molar-refractivity contribution >= 4 is 40.7 Å². The molecule has 3 N–H and O–H groups in total. The number of benzene rings is 1. The minimum Gasteiger partial charge on any atom is -0.493 e. The predicted octanol–water partition coefficient (Wildman–Crippen LogP) is 2.93. The van der Waals surface area contributed by atoms with Crippen LogP contribution in [0, 0.1) is 0 Å². The van der Waals surface area contributed by atoms with Gasteiger partial charge in [0.25, 0.3) is 0 Å². The van der Waals surface area contributed by atoms with Gasteiger partial charge in [0.05, 0.1) is 18.2 Å². The first-order valence-electron chi connectivity index (χ1n) is 7.35. The molecule has 140 valence electrons. The summed E-state index contributed by atoms with van der Waals surface area (Å²) in [7, 11) is 1.63. The van der Waals surface area contributed by atoms with Gasteiger partial charge in [0, 0.05) is 13.1 Å². The highest BCUT2D eigenvalue weighted by atomic mass is 79.9. The average Bonchev–Trinajstić information content (AvgIpc) is 2.52. The largest absolute Gasteiger partial charge is 0.493 e. The van der Waals surface area contributed by atoms with E-state index < -0.39 is 0 Å². The molecule has 5 nitrogen and oxygen atoms in total. The quantitative estimate of drug-likeness (QED) is 0.341. The van der Waals surface area contributed by atoms with Crippen LogP contribution in [0.1, 0.15) is 12.0 Å². The van der Waals surface area contributed by atoms with E-state index in [0.29, 0.717) is 24.7 Å². The van der Waals surface area contributed by atoms with Gasteiger partial charge in [-0.25, -0.2) is 0 Å². The van der Waals surface area contributed by atoms with Crippen molar-refractivity contribution in [1.29, 1.82) is 0 Å². The average molecular weight is 446 g/mol. The normalized spacial score (nSPS) is 9.62. The lowest BCUT2D eigenvalue weighted by molar-refractivity contribution is 0.292. The Morgan fingerprint density at radius 1 is 1.21 bits per heavy atom. The number of hydrogen-bond donors (Lipinski definition) is 3. The molecule has 0 saturated carbocycles. The fourth-order valence-corrected chi connectivity index (χ4v) is 2.54. The molecule has 0 heterocycles. The van der Waals surface area contributed by atoms with Crippen molar-refractivity contribution < 1.29 is 14.6 Å². The van der Waals surface area contributed by atoms with E-state index in [0.717, 1.165) is 36.1 Å². The maximum atomic E-state index is 8.66. The van der Waals surface area contributed by atoms with Crippen LogP contribution in [0.15, 0.2) is 29.3 Å². The fourth-order valence-electron chi connectivity index (χ4n) is 1.93. The first-order chi connectivity index (χ1) is 10.7. The topological polar surface area (TPSA) is 62.8 Å². The molecule has 0 bridgehead atoms. The second kappa shape index (κ2) is 16.0. The molecule has 0 aliphatic carbocycles. The summed E-state index contributed by atoms with van der Waals surface area (Å²) < 4.78 is 11.9. The number of nitrogens with one attached hydrogen (secondary N) is 2.